The predicted octanol–water partition coefficient (Wildman–Crippen LogP) is 4.50. The summed E-state index contributed by atoms with van der Waals surface area (Å²) in [7, 11) is -8.24. The van der Waals surface area contributed by atoms with Gasteiger partial charge in [0, 0.05) is 0 Å². The van der Waals surface area contributed by atoms with Crippen LogP contribution in [0.15, 0.2) is 0 Å². The molecule has 42 heavy (non-hydrogen) atoms. The van der Waals surface area contributed by atoms with Gasteiger partial charge in [-0.1, -0.05) is 0 Å². The van der Waals surface area contributed by atoms with E-state index in [4.69, 9.17) is 4.55 Å². The van der Waals surface area contributed by atoms with Gasteiger partial charge in [-0.05, 0) is 0 Å². The minimum Gasteiger partial charge on any atom is -1.00 e. The molecule has 0 aromatic heterocycles. The molecule has 0 amide bonds. The van der Waals surface area contributed by atoms with Crippen LogP contribution in [0.25, 0.3) is 0 Å². The summed E-state index contributed by atoms with van der Waals surface area (Å²) >= 11 is 0. The molecule has 30 heteroatoms. The first-order valence-electron chi connectivity index (χ1n) is 8.19. The summed E-state index contributed by atoms with van der Waals surface area (Å²) in [5.41, 5.74) is 0. The van der Waals surface area contributed by atoms with Crippen molar-refractivity contribution >= 4 is 10.1 Å². The molecule has 0 unspecified atom stereocenters. The second-order valence-corrected chi connectivity index (χ2v) is 8.70. The van der Waals surface area contributed by atoms with Crippen LogP contribution in [0.3, 0.4) is 0 Å². The Balaban J connectivity index is -0.00000800. The molecule has 0 bridgehead atoms. The van der Waals surface area contributed by atoms with Crippen LogP contribution in [0.5, 0.6) is 0 Å². The Morgan fingerprint density at radius 3 is 0.619 bits per heavy atom. The summed E-state index contributed by atoms with van der Waals surface area (Å²) in [5.74, 6) is -94.0. The normalized spacial score (nSPS) is 16.8. The van der Waals surface area contributed by atoms with Crippen molar-refractivity contribution in [3.8, 4) is 0 Å². The maximum Gasteiger partial charge on any atom is 1.00 e. The average Bonchev–Trinajstić information content (AvgIpc) is 2.70. The first-order chi connectivity index (χ1) is 17.0. The van der Waals surface area contributed by atoms with E-state index in [1.54, 1.807) is 0 Å². The first-order valence-corrected chi connectivity index (χ1v) is 9.63. The van der Waals surface area contributed by atoms with Crippen molar-refractivity contribution in [1.82, 2.24) is 0 Å². The van der Waals surface area contributed by atoms with Crippen LogP contribution in [-0.2, 0) is 10.1 Å². The molecule has 0 aromatic rings. The zero-order valence-corrected chi connectivity index (χ0v) is 22.1. The third kappa shape index (κ3) is 5.15. The monoisotopic (exact) mass is 740 g/mol. The molecule has 0 heterocycles. The molecule has 0 aliphatic carbocycles. The van der Waals surface area contributed by atoms with Crippen molar-refractivity contribution in [2.24, 2.45) is 0 Å². The van der Waals surface area contributed by atoms with Gasteiger partial charge in [0.1, 0.15) is 0 Å². The van der Waals surface area contributed by atoms with E-state index in [1.807, 2.05) is 0 Å². The molecular formula is C12H2F25KO3S. The van der Waals surface area contributed by atoms with Crippen molar-refractivity contribution in [3.63, 3.8) is 0 Å². The number of hydrogen-bond acceptors (Lipinski definition) is 2. The van der Waals surface area contributed by atoms with Crippen LogP contribution in [0, 0.1) is 0 Å². The van der Waals surface area contributed by atoms with Crippen LogP contribution in [0.2, 0.25) is 0 Å². The summed E-state index contributed by atoms with van der Waals surface area (Å²) in [6, 6.07) is 0. The molecular weight excluding hydrogens is 738 g/mol. The SMILES string of the molecule is O=S(=O)(O)C(F)(F)C(F)(F)C(F)(F)C(F)(F)C(F)(F)C(F)(F)C(F)(F)C(F)(F)C(F)(F)C(F)(F)C(F)(F)C(F)(F)F.[H-].[K+]. The van der Waals surface area contributed by atoms with Crippen molar-refractivity contribution < 1.29 is 176 Å². The Labute approximate surface area is 255 Å². The van der Waals surface area contributed by atoms with E-state index >= 15 is 0 Å². The number of halogens is 25. The van der Waals surface area contributed by atoms with E-state index in [-0.39, 0.29) is 52.8 Å². The van der Waals surface area contributed by atoms with Gasteiger partial charge in [0.05, 0.1) is 0 Å². The number of rotatable bonds is 11. The molecule has 0 saturated heterocycles. The maximum atomic E-state index is 13.5. The van der Waals surface area contributed by atoms with Gasteiger partial charge in [-0.25, -0.2) is 0 Å². The molecule has 0 fully saturated rings. The molecule has 0 aromatic carbocycles. The summed E-state index contributed by atoms with van der Waals surface area (Å²) < 4.78 is 355. The van der Waals surface area contributed by atoms with Gasteiger partial charge in [-0.3, -0.25) is 4.55 Å². The topological polar surface area (TPSA) is 54.4 Å². The standard InChI is InChI=1S/C12HF25O3S.K.H/c13-1(14,3(17,18)5(21,22)7(25,26)9(29,30)11(33,34)35)2(15,16)4(19,20)6(23,24)8(27,28)10(31,32)12(36,37)41(38,39)40;;/h(H,38,39,40);;/q;+1;-1. The Kier molecular flexibility index (Phi) is 11.2. The van der Waals surface area contributed by atoms with Crippen molar-refractivity contribution in [1.29, 1.82) is 0 Å². The molecule has 1 N–H and O–H groups in total. The van der Waals surface area contributed by atoms with Gasteiger partial charge < -0.3 is 1.43 Å². The van der Waals surface area contributed by atoms with Crippen LogP contribution in [-0.4, -0.2) is 83.6 Å². The summed E-state index contributed by atoms with van der Waals surface area (Å²) in [6.45, 7) is 0. The Morgan fingerprint density at radius 1 is 0.333 bits per heavy atom. The Bertz CT molecular complexity index is 1110. The van der Waals surface area contributed by atoms with E-state index in [9.17, 15) is 118 Å². The van der Waals surface area contributed by atoms with Gasteiger partial charge in [-0.2, -0.15) is 118 Å². The summed E-state index contributed by atoms with van der Waals surface area (Å²) in [6.07, 6.45) is -8.23. The summed E-state index contributed by atoms with van der Waals surface area (Å²) in [5, 5.41) is -8.22. The van der Waals surface area contributed by atoms with E-state index in [2.05, 4.69) is 0 Å². The predicted molar refractivity (Wildman–Crippen MR) is 73.1 cm³/mol. The van der Waals surface area contributed by atoms with Gasteiger partial charge in [-0.15, -0.1) is 0 Å². The van der Waals surface area contributed by atoms with Gasteiger partial charge >= 0.3 is 132 Å². The Hall–Kier alpha value is -0.204. The fraction of sp³-hybridized carbons (Fsp3) is 1.00. The van der Waals surface area contributed by atoms with Crippen molar-refractivity contribution in [2.75, 3.05) is 0 Å². The molecule has 0 rings (SSSR count). The van der Waals surface area contributed by atoms with E-state index in [1.165, 1.54) is 0 Å². The molecule has 0 aliphatic rings. The minimum absolute atomic E-state index is 0. The third-order valence-electron chi connectivity index (χ3n) is 4.59. The van der Waals surface area contributed by atoms with Gasteiger partial charge in [0.15, 0.2) is 0 Å². The van der Waals surface area contributed by atoms with E-state index in [0.717, 1.165) is 0 Å². The Morgan fingerprint density at radius 2 is 0.476 bits per heavy atom. The number of alkyl halides is 25. The molecule has 0 spiro atoms. The largest absolute Gasteiger partial charge is 1.00 e. The number of hydrogen-bond donors (Lipinski definition) is 1. The fourth-order valence-corrected chi connectivity index (χ4v) is 2.55. The zero-order chi connectivity index (χ0) is 34.5. The summed E-state index contributed by atoms with van der Waals surface area (Å²) in [4.78, 5) is 0. The zero-order valence-electron chi connectivity index (χ0n) is 19.1. The molecule has 250 valence electrons. The van der Waals surface area contributed by atoms with Crippen LogP contribution >= 0.6 is 0 Å². The third-order valence-corrected chi connectivity index (χ3v) is 5.50. The molecule has 3 nitrogen and oxygen atoms in total. The smallest absolute Gasteiger partial charge is 1.00 e. The first kappa shape index (κ1) is 43.9. The second-order valence-electron chi connectivity index (χ2n) is 7.23. The van der Waals surface area contributed by atoms with Crippen molar-refractivity contribution in [3.05, 3.63) is 0 Å². The molecule has 0 aliphatic heterocycles. The maximum absolute atomic E-state index is 13.5. The van der Waals surface area contributed by atoms with Crippen molar-refractivity contribution in [2.45, 2.75) is 70.7 Å². The van der Waals surface area contributed by atoms with E-state index < -0.39 is 80.8 Å². The molecule has 0 saturated carbocycles. The molecule has 0 atom stereocenters. The van der Waals surface area contributed by atoms with E-state index in [0.29, 0.717) is 0 Å². The fourth-order valence-electron chi connectivity index (χ4n) is 2.10. The molecule has 0 radical (unpaired) electrons. The average molecular weight is 740 g/mol. The van der Waals surface area contributed by atoms with Gasteiger partial charge in [0.25, 0.3) is 0 Å². The van der Waals surface area contributed by atoms with Gasteiger partial charge in [0.2, 0.25) is 0 Å². The second kappa shape index (κ2) is 10.7. The quantitative estimate of drug-likeness (QED) is 0.193. The van der Waals surface area contributed by atoms with Crippen LogP contribution in [0.1, 0.15) is 1.43 Å². The minimum atomic E-state index is -9.76. The van der Waals surface area contributed by atoms with Crippen LogP contribution < -0.4 is 51.4 Å². The van der Waals surface area contributed by atoms with Crippen LogP contribution in [0.4, 0.5) is 110 Å².